The van der Waals surface area contributed by atoms with Gasteiger partial charge in [0, 0.05) is 6.20 Å². The summed E-state index contributed by atoms with van der Waals surface area (Å²) in [5.41, 5.74) is 0.434. The first-order valence-electron chi connectivity index (χ1n) is 7.52. The first kappa shape index (κ1) is 15.1. The van der Waals surface area contributed by atoms with E-state index in [1.807, 2.05) is 24.3 Å². The lowest BCUT2D eigenvalue weighted by Crippen LogP contribution is -2.35. The van der Waals surface area contributed by atoms with Crippen molar-refractivity contribution >= 4 is 11.8 Å². The topological polar surface area (TPSA) is 69.7 Å². The molecule has 120 valence electrons. The number of benzene rings is 1. The molecule has 1 atom stereocenters. The number of carbonyl (C=O) groups excluding carboxylic acids is 1. The van der Waals surface area contributed by atoms with Gasteiger partial charge in [0.25, 0.3) is 0 Å². The molecule has 6 heteroatoms. The largest absolute Gasteiger partial charge is 0.486 e. The molecule has 0 amide bonds. The van der Waals surface area contributed by atoms with Crippen LogP contribution < -0.4 is 14.8 Å². The van der Waals surface area contributed by atoms with Gasteiger partial charge < -0.3 is 19.5 Å². The number of rotatable bonds is 5. The molecule has 1 aliphatic heterocycles. The molecule has 1 aromatic heterocycles. The molecule has 2 aromatic rings. The Morgan fingerprint density at radius 2 is 2.13 bits per heavy atom. The van der Waals surface area contributed by atoms with Crippen LogP contribution in [0.15, 0.2) is 42.6 Å². The SMILES string of the molecule is CCOC(=O)c1ccc(NCC2COc3ccccc3O2)nc1. The summed E-state index contributed by atoms with van der Waals surface area (Å²) in [6, 6.07) is 11.0. The number of nitrogens with one attached hydrogen (secondary N) is 1. The van der Waals surface area contributed by atoms with Crippen LogP contribution >= 0.6 is 0 Å². The zero-order chi connectivity index (χ0) is 16.1. The number of pyridine rings is 1. The van der Waals surface area contributed by atoms with Crippen LogP contribution in [-0.2, 0) is 4.74 Å². The van der Waals surface area contributed by atoms with Crippen molar-refractivity contribution in [1.29, 1.82) is 0 Å². The van der Waals surface area contributed by atoms with Crippen LogP contribution in [0.2, 0.25) is 0 Å². The second kappa shape index (κ2) is 7.00. The van der Waals surface area contributed by atoms with Crippen LogP contribution in [0, 0.1) is 0 Å². The number of ether oxygens (including phenoxy) is 3. The summed E-state index contributed by atoms with van der Waals surface area (Å²) in [6.45, 7) is 3.15. The van der Waals surface area contributed by atoms with Gasteiger partial charge in [-0.05, 0) is 31.2 Å². The lowest BCUT2D eigenvalue weighted by Gasteiger charge is -2.26. The molecule has 0 saturated heterocycles. The highest BCUT2D eigenvalue weighted by Gasteiger charge is 2.20. The molecule has 0 bridgehead atoms. The van der Waals surface area contributed by atoms with Gasteiger partial charge in [-0.1, -0.05) is 12.1 Å². The second-order valence-electron chi connectivity index (χ2n) is 5.03. The standard InChI is InChI=1S/C17H18N2O4/c1-2-21-17(20)12-7-8-16(18-9-12)19-10-13-11-22-14-5-3-4-6-15(14)23-13/h3-9,13H,2,10-11H2,1H3,(H,18,19). The molecule has 3 rings (SSSR count). The van der Waals surface area contributed by atoms with Crippen LogP contribution in [0.4, 0.5) is 5.82 Å². The summed E-state index contributed by atoms with van der Waals surface area (Å²) in [5.74, 6) is 1.81. The molecule has 1 unspecified atom stereocenters. The first-order chi connectivity index (χ1) is 11.3. The summed E-state index contributed by atoms with van der Waals surface area (Å²) < 4.78 is 16.4. The summed E-state index contributed by atoms with van der Waals surface area (Å²) in [7, 11) is 0. The van der Waals surface area contributed by atoms with Crippen molar-refractivity contribution in [3.05, 3.63) is 48.2 Å². The Bertz CT molecular complexity index is 673. The van der Waals surface area contributed by atoms with E-state index in [1.54, 1.807) is 19.1 Å². The number of anilines is 1. The molecule has 0 saturated carbocycles. The Labute approximate surface area is 134 Å². The zero-order valence-electron chi connectivity index (χ0n) is 12.8. The van der Waals surface area contributed by atoms with Crippen molar-refractivity contribution < 1.29 is 19.0 Å². The molecule has 1 N–H and O–H groups in total. The van der Waals surface area contributed by atoms with E-state index in [9.17, 15) is 4.79 Å². The first-order valence-corrected chi connectivity index (χ1v) is 7.52. The molecule has 0 fully saturated rings. The minimum absolute atomic E-state index is 0.101. The molecular weight excluding hydrogens is 296 g/mol. The maximum Gasteiger partial charge on any atom is 0.339 e. The lowest BCUT2D eigenvalue weighted by atomic mass is 10.2. The van der Waals surface area contributed by atoms with Crippen LogP contribution in [0.1, 0.15) is 17.3 Å². The number of aromatic nitrogens is 1. The lowest BCUT2D eigenvalue weighted by molar-refractivity contribution is 0.0526. The minimum Gasteiger partial charge on any atom is -0.486 e. The van der Waals surface area contributed by atoms with Gasteiger partial charge in [-0.15, -0.1) is 0 Å². The van der Waals surface area contributed by atoms with E-state index in [1.165, 1.54) is 6.20 Å². The third-order valence-corrected chi connectivity index (χ3v) is 3.35. The van der Waals surface area contributed by atoms with Crippen molar-refractivity contribution in [3.8, 4) is 11.5 Å². The Kier molecular flexibility index (Phi) is 4.61. The number of hydrogen-bond acceptors (Lipinski definition) is 6. The number of carbonyl (C=O) groups is 1. The highest BCUT2D eigenvalue weighted by molar-refractivity contribution is 5.89. The molecule has 2 heterocycles. The normalized spacial score (nSPS) is 15.8. The third-order valence-electron chi connectivity index (χ3n) is 3.35. The molecule has 23 heavy (non-hydrogen) atoms. The maximum absolute atomic E-state index is 11.6. The van der Waals surface area contributed by atoms with Gasteiger partial charge in [0.05, 0.1) is 18.7 Å². The Hall–Kier alpha value is -2.76. The quantitative estimate of drug-likeness (QED) is 0.855. The second-order valence-corrected chi connectivity index (χ2v) is 5.03. The van der Waals surface area contributed by atoms with E-state index < -0.39 is 0 Å². The molecule has 0 radical (unpaired) electrons. The van der Waals surface area contributed by atoms with Crippen molar-refractivity contribution in [2.45, 2.75) is 13.0 Å². The highest BCUT2D eigenvalue weighted by Crippen LogP contribution is 2.30. The van der Waals surface area contributed by atoms with E-state index in [0.29, 0.717) is 31.1 Å². The van der Waals surface area contributed by atoms with Gasteiger partial charge in [-0.25, -0.2) is 9.78 Å². The summed E-state index contributed by atoms with van der Waals surface area (Å²) in [4.78, 5) is 15.8. The predicted molar refractivity (Wildman–Crippen MR) is 85.0 cm³/mol. The molecular formula is C17H18N2O4. The summed E-state index contributed by atoms with van der Waals surface area (Å²) in [5, 5.41) is 3.18. The fourth-order valence-electron chi connectivity index (χ4n) is 2.22. The number of esters is 1. The van der Waals surface area contributed by atoms with Gasteiger partial charge >= 0.3 is 5.97 Å². The minimum atomic E-state index is -0.368. The highest BCUT2D eigenvalue weighted by atomic mass is 16.6. The van der Waals surface area contributed by atoms with Crippen LogP contribution in [-0.4, -0.2) is 36.8 Å². The summed E-state index contributed by atoms with van der Waals surface area (Å²) >= 11 is 0. The van der Waals surface area contributed by atoms with Crippen LogP contribution in [0.25, 0.3) is 0 Å². The van der Waals surface area contributed by atoms with E-state index in [0.717, 1.165) is 11.5 Å². The average Bonchev–Trinajstić information content (AvgIpc) is 2.60. The van der Waals surface area contributed by atoms with Crippen molar-refractivity contribution in [2.24, 2.45) is 0 Å². The molecule has 0 spiro atoms. The molecule has 6 nitrogen and oxygen atoms in total. The smallest absolute Gasteiger partial charge is 0.339 e. The molecule has 0 aliphatic carbocycles. The van der Waals surface area contributed by atoms with E-state index in [4.69, 9.17) is 14.2 Å². The number of para-hydroxylation sites is 2. The third kappa shape index (κ3) is 3.71. The molecule has 1 aliphatic rings. The Morgan fingerprint density at radius 3 is 2.87 bits per heavy atom. The van der Waals surface area contributed by atoms with Crippen molar-refractivity contribution in [3.63, 3.8) is 0 Å². The predicted octanol–water partition coefficient (Wildman–Crippen LogP) is 2.51. The monoisotopic (exact) mass is 314 g/mol. The van der Waals surface area contributed by atoms with Crippen LogP contribution in [0.3, 0.4) is 0 Å². The van der Waals surface area contributed by atoms with Crippen molar-refractivity contribution in [1.82, 2.24) is 4.98 Å². The zero-order valence-corrected chi connectivity index (χ0v) is 12.8. The van der Waals surface area contributed by atoms with Gasteiger partial charge in [0.1, 0.15) is 18.5 Å². The van der Waals surface area contributed by atoms with E-state index in [-0.39, 0.29) is 12.1 Å². The number of hydrogen-bond donors (Lipinski definition) is 1. The van der Waals surface area contributed by atoms with Crippen molar-refractivity contribution in [2.75, 3.05) is 25.1 Å². The fraction of sp³-hybridized carbons (Fsp3) is 0.294. The number of fused-ring (bicyclic) bond motifs is 1. The van der Waals surface area contributed by atoms with Gasteiger partial charge in [-0.3, -0.25) is 0 Å². The summed E-state index contributed by atoms with van der Waals surface area (Å²) in [6.07, 6.45) is 1.39. The maximum atomic E-state index is 11.6. The Morgan fingerprint density at radius 1 is 1.30 bits per heavy atom. The van der Waals surface area contributed by atoms with E-state index >= 15 is 0 Å². The average molecular weight is 314 g/mol. The fourth-order valence-corrected chi connectivity index (χ4v) is 2.22. The van der Waals surface area contributed by atoms with Gasteiger partial charge in [-0.2, -0.15) is 0 Å². The van der Waals surface area contributed by atoms with Gasteiger partial charge in [0.2, 0.25) is 0 Å². The number of nitrogens with zero attached hydrogens (tertiary/aromatic N) is 1. The van der Waals surface area contributed by atoms with Gasteiger partial charge in [0.15, 0.2) is 11.5 Å². The van der Waals surface area contributed by atoms with E-state index in [2.05, 4.69) is 10.3 Å². The Balaban J connectivity index is 1.54. The van der Waals surface area contributed by atoms with Crippen LogP contribution in [0.5, 0.6) is 11.5 Å². The molecule has 1 aromatic carbocycles.